The summed E-state index contributed by atoms with van der Waals surface area (Å²) in [5.41, 5.74) is 3.13. The second-order valence-electron chi connectivity index (χ2n) is 4.34. The van der Waals surface area contributed by atoms with E-state index in [0.717, 1.165) is 5.39 Å². The van der Waals surface area contributed by atoms with E-state index < -0.39 is 0 Å². The Kier molecular flexibility index (Phi) is 4.12. The van der Waals surface area contributed by atoms with Crippen LogP contribution in [0.5, 0.6) is 5.75 Å². The zero-order valence-corrected chi connectivity index (χ0v) is 12.3. The summed E-state index contributed by atoms with van der Waals surface area (Å²) < 4.78 is 5.56. The highest BCUT2D eigenvalue weighted by Gasteiger charge is 2.09. The molecule has 1 amide bonds. The normalized spacial score (nSPS) is 10.4. The molecule has 0 atom stereocenters. The van der Waals surface area contributed by atoms with E-state index in [1.807, 2.05) is 18.2 Å². The van der Waals surface area contributed by atoms with Gasteiger partial charge in [0.2, 0.25) is 0 Å². The van der Waals surface area contributed by atoms with Gasteiger partial charge in [-0.2, -0.15) is 0 Å². The monoisotopic (exact) mass is 315 g/mol. The van der Waals surface area contributed by atoms with Crippen molar-refractivity contribution in [2.24, 2.45) is 5.84 Å². The number of hydrogen-bond acceptors (Lipinski definition) is 7. The lowest BCUT2D eigenvalue weighted by molar-refractivity contribution is -0.118. The van der Waals surface area contributed by atoms with Gasteiger partial charge in [0, 0.05) is 17.0 Å². The quantitative estimate of drug-likeness (QED) is 0.491. The number of carbonyl (C=O) groups excluding carboxylic acids is 1. The molecule has 1 aromatic carbocycles. The molecule has 8 heteroatoms. The summed E-state index contributed by atoms with van der Waals surface area (Å²) in [4.78, 5) is 20.1. The van der Waals surface area contributed by atoms with Crippen molar-refractivity contribution in [1.82, 2.24) is 9.97 Å². The highest BCUT2D eigenvalue weighted by atomic mass is 32.1. The number of nitrogen functional groups attached to an aromatic ring is 1. The molecule has 0 saturated heterocycles. The van der Waals surface area contributed by atoms with Gasteiger partial charge in [0.25, 0.3) is 5.91 Å². The minimum atomic E-state index is -0.278. The van der Waals surface area contributed by atoms with Crippen molar-refractivity contribution in [3.63, 3.8) is 0 Å². The van der Waals surface area contributed by atoms with E-state index in [4.69, 9.17) is 10.6 Å². The van der Waals surface area contributed by atoms with E-state index in [2.05, 4.69) is 20.7 Å². The maximum atomic E-state index is 11.8. The Morgan fingerprint density at radius 2 is 2.23 bits per heavy atom. The van der Waals surface area contributed by atoms with E-state index in [0.29, 0.717) is 22.2 Å². The van der Waals surface area contributed by atoms with Crippen LogP contribution in [-0.4, -0.2) is 22.5 Å². The van der Waals surface area contributed by atoms with E-state index in [-0.39, 0.29) is 12.5 Å². The molecule has 0 unspecified atom stereocenters. The molecule has 3 aromatic rings. The molecule has 0 aliphatic rings. The van der Waals surface area contributed by atoms with Crippen LogP contribution in [0.4, 0.5) is 10.9 Å². The fraction of sp³-hybridized carbons (Fsp3) is 0.0714. The number of pyridine rings is 1. The minimum absolute atomic E-state index is 0.124. The first-order valence-corrected chi connectivity index (χ1v) is 7.33. The largest absolute Gasteiger partial charge is 0.481 e. The number of thiazole rings is 1. The summed E-state index contributed by atoms with van der Waals surface area (Å²) in [6.45, 7) is -0.124. The van der Waals surface area contributed by atoms with Crippen molar-refractivity contribution >= 4 is 39.1 Å². The van der Waals surface area contributed by atoms with Gasteiger partial charge in [-0.05, 0) is 18.2 Å². The number of carbonyl (C=O) groups is 1. The van der Waals surface area contributed by atoms with Crippen molar-refractivity contribution in [3.05, 3.63) is 41.9 Å². The van der Waals surface area contributed by atoms with Crippen LogP contribution in [-0.2, 0) is 4.79 Å². The number of hydrazine groups is 1. The molecule has 0 aliphatic carbocycles. The lowest BCUT2D eigenvalue weighted by atomic mass is 10.2. The van der Waals surface area contributed by atoms with Gasteiger partial charge in [-0.1, -0.05) is 12.1 Å². The van der Waals surface area contributed by atoms with Gasteiger partial charge < -0.3 is 10.2 Å². The molecule has 2 aromatic heterocycles. The Morgan fingerprint density at radius 1 is 1.32 bits per heavy atom. The van der Waals surface area contributed by atoms with Gasteiger partial charge in [-0.3, -0.25) is 10.1 Å². The van der Waals surface area contributed by atoms with E-state index in [9.17, 15) is 4.79 Å². The third kappa shape index (κ3) is 3.13. The number of rotatable bonds is 5. The summed E-state index contributed by atoms with van der Waals surface area (Å²) in [7, 11) is 0. The Hall–Kier alpha value is -2.71. The van der Waals surface area contributed by atoms with E-state index in [1.165, 1.54) is 11.3 Å². The second-order valence-corrected chi connectivity index (χ2v) is 5.24. The maximum absolute atomic E-state index is 11.8. The number of nitrogens with one attached hydrogen (secondary N) is 2. The molecular formula is C14H13N5O2S. The number of ether oxygens (including phenoxy) is 1. The molecule has 2 heterocycles. The fourth-order valence-electron chi connectivity index (χ4n) is 1.90. The fourth-order valence-corrected chi connectivity index (χ4v) is 2.45. The van der Waals surface area contributed by atoms with Crippen molar-refractivity contribution in [3.8, 4) is 5.75 Å². The van der Waals surface area contributed by atoms with Gasteiger partial charge in [-0.25, -0.2) is 15.8 Å². The average molecular weight is 315 g/mol. The first kappa shape index (κ1) is 14.2. The summed E-state index contributed by atoms with van der Waals surface area (Å²) >= 11 is 1.35. The predicted molar refractivity (Wildman–Crippen MR) is 85.8 cm³/mol. The van der Waals surface area contributed by atoms with Crippen LogP contribution in [0.25, 0.3) is 10.9 Å². The summed E-state index contributed by atoms with van der Waals surface area (Å²) in [5, 5.41) is 5.88. The standard InChI is InChI=1S/C14H13N5O2S/c15-19-11-5-4-9-2-1-3-10(13(9)17-11)21-8-12(20)18-14-16-6-7-22-14/h1-7H,8,15H2,(H,17,19)(H,16,18,20). The van der Waals surface area contributed by atoms with Crippen molar-refractivity contribution in [2.45, 2.75) is 0 Å². The number of anilines is 2. The van der Waals surface area contributed by atoms with E-state index >= 15 is 0 Å². The first-order valence-electron chi connectivity index (χ1n) is 6.45. The molecule has 0 bridgehead atoms. The lowest BCUT2D eigenvalue weighted by Crippen LogP contribution is -2.20. The number of amides is 1. The van der Waals surface area contributed by atoms with Crippen LogP contribution in [0.1, 0.15) is 0 Å². The van der Waals surface area contributed by atoms with Crippen molar-refractivity contribution < 1.29 is 9.53 Å². The number of nitrogens with zero attached hydrogens (tertiary/aromatic N) is 2. The highest BCUT2D eigenvalue weighted by molar-refractivity contribution is 7.13. The Bertz CT molecular complexity index is 791. The van der Waals surface area contributed by atoms with Gasteiger partial charge in [-0.15, -0.1) is 11.3 Å². The minimum Gasteiger partial charge on any atom is -0.481 e. The van der Waals surface area contributed by atoms with Crippen LogP contribution in [0, 0.1) is 0 Å². The maximum Gasteiger partial charge on any atom is 0.264 e. The molecule has 22 heavy (non-hydrogen) atoms. The van der Waals surface area contributed by atoms with Gasteiger partial charge in [0.1, 0.15) is 17.1 Å². The Labute approximate surface area is 130 Å². The topological polar surface area (TPSA) is 102 Å². The van der Waals surface area contributed by atoms with Crippen LogP contribution >= 0.6 is 11.3 Å². The average Bonchev–Trinajstić information content (AvgIpc) is 3.05. The van der Waals surface area contributed by atoms with Crippen LogP contribution in [0.2, 0.25) is 0 Å². The molecule has 4 N–H and O–H groups in total. The van der Waals surface area contributed by atoms with E-state index in [1.54, 1.807) is 23.7 Å². The number of hydrogen-bond donors (Lipinski definition) is 3. The Morgan fingerprint density at radius 3 is 3.00 bits per heavy atom. The number of fused-ring (bicyclic) bond motifs is 1. The van der Waals surface area contributed by atoms with Crippen molar-refractivity contribution in [1.29, 1.82) is 0 Å². The van der Waals surface area contributed by atoms with Crippen molar-refractivity contribution in [2.75, 3.05) is 17.3 Å². The zero-order valence-electron chi connectivity index (χ0n) is 11.4. The SMILES string of the molecule is NNc1ccc2cccc(OCC(=O)Nc3nccs3)c2n1. The molecule has 112 valence electrons. The third-order valence-electron chi connectivity index (χ3n) is 2.87. The molecule has 0 aliphatic heterocycles. The molecule has 7 nitrogen and oxygen atoms in total. The number of nitrogens with two attached hydrogens (primary N) is 1. The van der Waals surface area contributed by atoms with Gasteiger partial charge in [0.05, 0.1) is 0 Å². The van der Waals surface area contributed by atoms with Crippen LogP contribution in [0.15, 0.2) is 41.9 Å². The zero-order chi connectivity index (χ0) is 15.4. The molecule has 0 radical (unpaired) electrons. The molecular weight excluding hydrogens is 302 g/mol. The Balaban J connectivity index is 1.74. The number of benzene rings is 1. The van der Waals surface area contributed by atoms with Gasteiger partial charge >= 0.3 is 0 Å². The molecule has 3 rings (SSSR count). The lowest BCUT2D eigenvalue weighted by Gasteiger charge is -2.09. The third-order valence-corrected chi connectivity index (χ3v) is 3.56. The summed E-state index contributed by atoms with van der Waals surface area (Å²) in [6, 6.07) is 9.15. The van der Waals surface area contributed by atoms with Gasteiger partial charge in [0.15, 0.2) is 11.7 Å². The molecule has 0 fully saturated rings. The second kappa shape index (κ2) is 6.37. The smallest absolute Gasteiger partial charge is 0.264 e. The molecule has 0 spiro atoms. The predicted octanol–water partition coefficient (Wildman–Crippen LogP) is 1.99. The summed E-state index contributed by atoms with van der Waals surface area (Å²) in [5.74, 6) is 6.13. The number of para-hydroxylation sites is 1. The molecule has 0 saturated carbocycles. The number of aromatic nitrogens is 2. The van der Waals surface area contributed by atoms with Crippen LogP contribution < -0.4 is 21.3 Å². The summed E-state index contributed by atoms with van der Waals surface area (Å²) in [6.07, 6.45) is 1.62. The first-order chi connectivity index (χ1) is 10.8. The van der Waals surface area contributed by atoms with Crippen LogP contribution in [0.3, 0.4) is 0 Å². The highest BCUT2D eigenvalue weighted by Crippen LogP contribution is 2.25.